The molecule has 6 aromatic heterocycles. The number of aromatic nitrogens is 10. The molecule has 12 nitrogen and oxygen atoms in total. The Bertz CT molecular complexity index is 7920. The molecule has 0 fully saturated rings. The summed E-state index contributed by atoms with van der Waals surface area (Å²) in [5.41, 5.74) is 30.0. The molecule has 0 amide bonds. The van der Waals surface area contributed by atoms with Gasteiger partial charge in [0.2, 0.25) is 0 Å². The number of benzene rings is 15. The maximum Gasteiger partial charge on any atom is 0.174 e. The highest BCUT2D eigenvalue weighted by Crippen LogP contribution is 2.67. The van der Waals surface area contributed by atoms with Gasteiger partial charge in [-0.3, -0.25) is 9.13 Å². The van der Waals surface area contributed by atoms with Crippen molar-refractivity contribution >= 4 is 64.9 Å². The molecular weight excluding hydrogens is 1530 g/mol. The molecule has 0 bridgehead atoms. The number of aryl methyl sites for hydroxylation is 1. The van der Waals surface area contributed by atoms with Gasteiger partial charge in [0.15, 0.2) is 34.9 Å². The molecule has 0 N–H and O–H groups in total. The van der Waals surface area contributed by atoms with Gasteiger partial charge in [-0.1, -0.05) is 262 Å². The zero-order valence-corrected chi connectivity index (χ0v) is 67.1. The van der Waals surface area contributed by atoms with Gasteiger partial charge in [0.1, 0.15) is 11.6 Å². The van der Waals surface area contributed by atoms with Crippen LogP contribution in [0.2, 0.25) is 0 Å². The standard InChI is InChI=1S/C56H32N6S.C52H32N6S/c57-33-34-24-26-45-41(30-34)51-42-32-50(54-60-52(35-14-4-1-5-15-35)59-53(61-54)36-16-6-2-7-17-36)63-49(42)29-28-46(51)56(45)43-21-11-10-20-39(43)40-31-37(25-27-44(40)56)55-58-47-22-12-13-23-48(47)62(55)38-18-8-3-9-19-38;1-2-47-54-43-19-11-12-20-44(43)58(47)34-22-24-40-36(28-34)35-17-9-10-18-39(35)52(40)41-23-21-31(30-53)27-37(41)48-38-29-46(59-45(38)26-25-42(48)52)51-56-49(32-13-5-3-6-14-32)55-50(57-51)33-15-7-4-8-16-33/h1-32H;3-29H,2H2,1H3. The second-order valence-corrected chi connectivity index (χ2v) is 33.4. The van der Waals surface area contributed by atoms with Crippen LogP contribution in [0.4, 0.5) is 0 Å². The van der Waals surface area contributed by atoms with Crippen LogP contribution in [-0.4, -0.2) is 49.0 Å². The lowest BCUT2D eigenvalue weighted by molar-refractivity contribution is 0.793. The van der Waals surface area contributed by atoms with E-state index in [1.54, 1.807) is 22.7 Å². The number of imidazole rings is 2. The minimum absolute atomic E-state index is 0.585. The Kier molecular flexibility index (Phi) is 15.9. The van der Waals surface area contributed by atoms with Crippen molar-refractivity contribution in [2.75, 3.05) is 0 Å². The van der Waals surface area contributed by atoms with Gasteiger partial charge in [-0.25, -0.2) is 39.9 Å². The van der Waals surface area contributed by atoms with Crippen molar-refractivity contribution in [3.63, 3.8) is 0 Å². The molecule has 2 unspecified atom stereocenters. The Morgan fingerprint density at radius 1 is 0.287 bits per heavy atom. The van der Waals surface area contributed by atoms with E-state index in [-0.39, 0.29) is 0 Å². The fourth-order valence-corrected chi connectivity index (χ4v) is 21.7. The quantitative estimate of drug-likeness (QED) is 0.129. The second kappa shape index (κ2) is 27.6. The molecule has 6 heterocycles. The molecule has 14 heteroatoms. The van der Waals surface area contributed by atoms with Gasteiger partial charge in [0, 0.05) is 65.8 Å². The van der Waals surface area contributed by atoms with Crippen molar-refractivity contribution in [2.45, 2.75) is 24.2 Å². The molecule has 21 aromatic rings. The van der Waals surface area contributed by atoms with E-state index in [0.717, 1.165) is 132 Å². The van der Waals surface area contributed by atoms with E-state index in [0.29, 0.717) is 46.1 Å². The smallest absolute Gasteiger partial charge is 0.174 e. The van der Waals surface area contributed by atoms with Crippen LogP contribution in [0.1, 0.15) is 68.4 Å². The molecular formula is C108H64N12S2. The third-order valence-corrected chi connectivity index (χ3v) is 27.0. The number of nitrogens with zero attached hydrogens (tertiary/aromatic N) is 12. The average molecular weight is 1590 g/mol. The number of para-hydroxylation sites is 5. The van der Waals surface area contributed by atoms with E-state index >= 15 is 0 Å². The molecule has 122 heavy (non-hydrogen) atoms. The van der Waals surface area contributed by atoms with Gasteiger partial charge in [-0.15, -0.1) is 22.7 Å². The van der Waals surface area contributed by atoms with E-state index in [4.69, 9.17) is 39.9 Å². The number of rotatable bonds is 10. The average Bonchev–Trinajstić information content (AvgIpc) is 1.50. The number of fused-ring (bicyclic) bond motifs is 26. The monoisotopic (exact) mass is 1590 g/mol. The van der Waals surface area contributed by atoms with Gasteiger partial charge in [0.05, 0.1) is 65.9 Å². The molecule has 0 radical (unpaired) electrons. The lowest BCUT2D eigenvalue weighted by Gasteiger charge is -2.30. The summed E-state index contributed by atoms with van der Waals surface area (Å²) in [4.78, 5) is 42.4. The number of thiophene rings is 2. The van der Waals surface area contributed by atoms with E-state index in [2.05, 4.69) is 241 Å². The molecule has 0 saturated carbocycles. The minimum Gasteiger partial charge on any atom is -0.296 e. The highest BCUT2D eigenvalue weighted by atomic mass is 32.1. The van der Waals surface area contributed by atoms with Crippen molar-refractivity contribution < 1.29 is 0 Å². The maximum atomic E-state index is 10.3. The summed E-state index contributed by atoms with van der Waals surface area (Å²) in [5, 5.41) is 22.8. The number of hydrogen-bond acceptors (Lipinski definition) is 12. The first-order valence-electron chi connectivity index (χ1n) is 40.8. The lowest BCUT2D eigenvalue weighted by Crippen LogP contribution is -2.25. The molecule has 0 aliphatic heterocycles. The summed E-state index contributed by atoms with van der Waals surface area (Å²) < 4.78 is 6.83. The molecule has 568 valence electrons. The van der Waals surface area contributed by atoms with Gasteiger partial charge in [0.25, 0.3) is 0 Å². The Hall–Kier alpha value is -15.8. The van der Waals surface area contributed by atoms with Gasteiger partial charge in [-0.05, 0) is 192 Å². The molecule has 2 atom stereocenters. The third kappa shape index (κ3) is 10.5. The summed E-state index contributed by atoms with van der Waals surface area (Å²) >= 11 is 3.37. The van der Waals surface area contributed by atoms with Crippen LogP contribution >= 0.6 is 22.7 Å². The largest absolute Gasteiger partial charge is 0.296 e. The van der Waals surface area contributed by atoms with E-state index in [9.17, 15) is 10.5 Å². The first-order chi connectivity index (χ1) is 60.3. The van der Waals surface area contributed by atoms with Gasteiger partial charge in [-0.2, -0.15) is 10.5 Å². The van der Waals surface area contributed by atoms with Crippen LogP contribution < -0.4 is 0 Å². The molecule has 15 aromatic carbocycles. The van der Waals surface area contributed by atoms with Crippen LogP contribution in [0.5, 0.6) is 0 Å². The summed E-state index contributed by atoms with van der Waals surface area (Å²) in [5.74, 6) is 5.71. The number of nitriles is 2. The summed E-state index contributed by atoms with van der Waals surface area (Å²) in [7, 11) is 0. The van der Waals surface area contributed by atoms with Crippen molar-refractivity contribution in [2.24, 2.45) is 0 Å². The van der Waals surface area contributed by atoms with Crippen molar-refractivity contribution in [1.82, 2.24) is 49.0 Å². The molecule has 0 saturated heterocycles. The molecule has 4 aliphatic carbocycles. The third-order valence-electron chi connectivity index (χ3n) is 24.8. The van der Waals surface area contributed by atoms with Crippen LogP contribution in [0.25, 0.3) is 176 Å². The Balaban J connectivity index is 0.000000138. The highest BCUT2D eigenvalue weighted by Gasteiger charge is 2.54. The zero-order chi connectivity index (χ0) is 80.9. The normalized spacial score (nSPS) is 14.5. The van der Waals surface area contributed by atoms with Crippen molar-refractivity contribution in [3.05, 3.63) is 419 Å². The predicted molar refractivity (Wildman–Crippen MR) is 489 cm³/mol. The maximum absolute atomic E-state index is 10.3. The SMILES string of the molecule is CCc1nc2ccccc2n1-c1ccc2c(c1)-c1ccccc1C21c2ccc(C#N)cc2-c2c1ccc1sc(-c3nc(-c4ccccc4)nc(-c4ccccc4)n3)cc21.N#Cc1ccc2c(c1)-c1c(ccc3sc(-c4nc(-c5ccccc5)nc(-c5ccccc5)n4)cc13)C21c2ccccc2-c2cc(-c3nc4ccccc4n3-c3ccccc3)ccc21. The molecule has 4 aliphatic rings. The fraction of sp³-hybridized carbons (Fsp3) is 0.0370. The van der Waals surface area contributed by atoms with Crippen LogP contribution in [0.15, 0.2) is 358 Å². The first kappa shape index (κ1) is 70.4. The number of hydrogen-bond donors (Lipinski definition) is 0. The minimum atomic E-state index is -0.618. The van der Waals surface area contributed by atoms with Gasteiger partial charge < -0.3 is 0 Å². The first-order valence-corrected chi connectivity index (χ1v) is 42.4. The summed E-state index contributed by atoms with van der Waals surface area (Å²) in [6.45, 7) is 2.17. The Morgan fingerprint density at radius 2 is 0.664 bits per heavy atom. The Labute approximate surface area is 709 Å². The van der Waals surface area contributed by atoms with Crippen LogP contribution in [-0.2, 0) is 17.3 Å². The highest BCUT2D eigenvalue weighted by molar-refractivity contribution is 7.22. The summed E-state index contributed by atoms with van der Waals surface area (Å²) in [6, 6.07) is 130. The molecule has 25 rings (SSSR count). The Morgan fingerprint density at radius 3 is 1.14 bits per heavy atom. The van der Waals surface area contributed by atoms with Crippen molar-refractivity contribution in [3.8, 4) is 146 Å². The molecule has 2 spiro atoms. The van der Waals surface area contributed by atoms with Gasteiger partial charge >= 0.3 is 0 Å². The lowest BCUT2D eigenvalue weighted by atomic mass is 9.70. The summed E-state index contributed by atoms with van der Waals surface area (Å²) in [6.07, 6.45) is 0.818. The van der Waals surface area contributed by atoms with E-state index in [1.807, 2.05) is 146 Å². The zero-order valence-electron chi connectivity index (χ0n) is 65.5. The van der Waals surface area contributed by atoms with Crippen LogP contribution in [0, 0.1) is 22.7 Å². The van der Waals surface area contributed by atoms with E-state index in [1.165, 1.54) is 66.8 Å². The second-order valence-electron chi connectivity index (χ2n) is 31.2. The fourth-order valence-electron chi connectivity index (χ4n) is 19.7. The van der Waals surface area contributed by atoms with Crippen molar-refractivity contribution in [1.29, 1.82) is 10.5 Å². The van der Waals surface area contributed by atoms with Crippen LogP contribution in [0.3, 0.4) is 0 Å². The topological polar surface area (TPSA) is 161 Å². The predicted octanol–water partition coefficient (Wildman–Crippen LogP) is 25.5. The van der Waals surface area contributed by atoms with E-state index < -0.39 is 10.8 Å².